The summed E-state index contributed by atoms with van der Waals surface area (Å²) in [5.74, 6) is 0.681. The zero-order valence-corrected chi connectivity index (χ0v) is 17.9. The number of rotatable bonds is 7. The van der Waals surface area contributed by atoms with Crippen molar-refractivity contribution in [2.45, 2.75) is 23.8 Å². The maximum atomic E-state index is 12.8. The van der Waals surface area contributed by atoms with Crippen molar-refractivity contribution in [3.8, 4) is 11.5 Å². The number of carbonyl (C=O) groups is 1. The number of hydrogen-bond donors (Lipinski definition) is 1. The molecule has 3 rings (SSSR count). The quantitative estimate of drug-likeness (QED) is 0.507. The minimum Gasteiger partial charge on any atom is -0.493 e. The smallest absolute Gasteiger partial charge is 0.269 e. The largest absolute Gasteiger partial charge is 0.493 e. The number of nitro benzene ring substituents is 1. The fraction of sp³-hybridized carbons (Fsp3) is 0.350. The van der Waals surface area contributed by atoms with Crippen molar-refractivity contribution in [2.75, 3.05) is 27.3 Å². The summed E-state index contributed by atoms with van der Waals surface area (Å²) >= 11 is 0. The Bertz CT molecular complexity index is 1060. The van der Waals surface area contributed by atoms with Gasteiger partial charge in [0, 0.05) is 36.8 Å². The molecular weight excluding hydrogens is 426 g/mol. The summed E-state index contributed by atoms with van der Waals surface area (Å²) in [6.07, 6.45) is 0.899. The molecule has 1 saturated heterocycles. The molecule has 0 aliphatic carbocycles. The molecule has 0 bridgehead atoms. The first-order chi connectivity index (χ1) is 14.8. The van der Waals surface area contributed by atoms with E-state index in [2.05, 4.69) is 5.32 Å². The van der Waals surface area contributed by atoms with Gasteiger partial charge in [-0.15, -0.1) is 0 Å². The van der Waals surface area contributed by atoms with Crippen molar-refractivity contribution in [1.29, 1.82) is 0 Å². The number of sulfonamides is 1. The Kier molecular flexibility index (Phi) is 6.76. The number of hydrogen-bond acceptors (Lipinski definition) is 7. The van der Waals surface area contributed by atoms with Gasteiger partial charge in [-0.2, -0.15) is 4.31 Å². The van der Waals surface area contributed by atoms with E-state index in [9.17, 15) is 23.3 Å². The van der Waals surface area contributed by atoms with Crippen molar-refractivity contribution in [3.63, 3.8) is 0 Å². The lowest BCUT2D eigenvalue weighted by Gasteiger charge is -2.31. The SMILES string of the molecule is COc1ccc(C(=O)NC2CCN(S(=O)(=O)c3ccc([N+](=O)[O-])cc3)CC2)cc1OC. The van der Waals surface area contributed by atoms with E-state index < -0.39 is 14.9 Å². The zero-order chi connectivity index (χ0) is 22.6. The highest BCUT2D eigenvalue weighted by Gasteiger charge is 2.30. The number of ether oxygens (including phenoxy) is 2. The maximum absolute atomic E-state index is 12.8. The highest BCUT2D eigenvalue weighted by molar-refractivity contribution is 7.89. The van der Waals surface area contributed by atoms with Crippen LogP contribution < -0.4 is 14.8 Å². The van der Waals surface area contributed by atoms with Gasteiger partial charge in [0.05, 0.1) is 24.0 Å². The number of nitro groups is 1. The Morgan fingerprint density at radius 1 is 1.06 bits per heavy atom. The fourth-order valence-electron chi connectivity index (χ4n) is 3.38. The van der Waals surface area contributed by atoms with Crippen LogP contribution in [0.2, 0.25) is 0 Å². The van der Waals surface area contributed by atoms with Crippen LogP contribution in [0, 0.1) is 10.1 Å². The number of amides is 1. The van der Waals surface area contributed by atoms with Crippen molar-refractivity contribution >= 4 is 21.6 Å². The number of nitrogens with zero attached hydrogens (tertiary/aromatic N) is 2. The molecule has 0 radical (unpaired) electrons. The second-order valence-electron chi connectivity index (χ2n) is 6.97. The van der Waals surface area contributed by atoms with E-state index in [1.807, 2.05) is 0 Å². The first-order valence-corrected chi connectivity index (χ1v) is 11.0. The Hall–Kier alpha value is -3.18. The van der Waals surface area contributed by atoms with E-state index >= 15 is 0 Å². The molecule has 2 aromatic rings. The van der Waals surface area contributed by atoms with Gasteiger partial charge in [0.25, 0.3) is 11.6 Å². The van der Waals surface area contributed by atoms with E-state index in [4.69, 9.17) is 9.47 Å². The predicted octanol–water partition coefficient (Wildman–Crippen LogP) is 2.20. The number of nitrogens with one attached hydrogen (secondary N) is 1. The number of piperidine rings is 1. The number of non-ortho nitro benzene ring substituents is 1. The normalized spacial score (nSPS) is 15.3. The highest BCUT2D eigenvalue weighted by atomic mass is 32.2. The summed E-state index contributed by atoms with van der Waals surface area (Å²) in [5, 5.41) is 13.7. The molecule has 0 atom stereocenters. The Balaban J connectivity index is 1.61. The summed E-state index contributed by atoms with van der Waals surface area (Å²) in [7, 11) is -0.761. The van der Waals surface area contributed by atoms with Crippen molar-refractivity contribution < 1.29 is 27.6 Å². The van der Waals surface area contributed by atoms with Gasteiger partial charge in [-0.05, 0) is 43.2 Å². The molecule has 1 aliphatic heterocycles. The van der Waals surface area contributed by atoms with E-state index in [0.29, 0.717) is 29.9 Å². The van der Waals surface area contributed by atoms with Gasteiger partial charge in [0.2, 0.25) is 10.0 Å². The summed E-state index contributed by atoms with van der Waals surface area (Å²) in [5.41, 5.74) is 0.245. The highest BCUT2D eigenvalue weighted by Crippen LogP contribution is 2.28. The van der Waals surface area contributed by atoms with Crippen molar-refractivity contribution in [3.05, 3.63) is 58.1 Å². The second kappa shape index (κ2) is 9.31. The van der Waals surface area contributed by atoms with Crippen LogP contribution in [0.3, 0.4) is 0 Å². The lowest BCUT2D eigenvalue weighted by atomic mass is 10.1. The van der Waals surface area contributed by atoms with Crippen LogP contribution in [-0.4, -0.2) is 56.9 Å². The van der Waals surface area contributed by atoms with Crippen LogP contribution in [0.15, 0.2) is 47.4 Å². The lowest BCUT2D eigenvalue weighted by molar-refractivity contribution is -0.384. The van der Waals surface area contributed by atoms with Gasteiger partial charge in [0.15, 0.2) is 11.5 Å². The molecular formula is C20H23N3O7S. The summed E-state index contributed by atoms with van der Waals surface area (Å²) in [4.78, 5) is 22.8. The van der Waals surface area contributed by atoms with Gasteiger partial charge in [-0.1, -0.05) is 0 Å². The van der Waals surface area contributed by atoms with E-state index in [1.54, 1.807) is 18.2 Å². The second-order valence-corrected chi connectivity index (χ2v) is 8.91. The molecule has 1 heterocycles. The summed E-state index contributed by atoms with van der Waals surface area (Å²) in [6, 6.07) is 9.49. The number of carbonyl (C=O) groups excluding carboxylic acids is 1. The molecule has 166 valence electrons. The Morgan fingerprint density at radius 3 is 2.23 bits per heavy atom. The number of benzene rings is 2. The minimum absolute atomic E-state index is 0.00548. The van der Waals surface area contributed by atoms with Gasteiger partial charge in [-0.25, -0.2) is 8.42 Å². The van der Waals surface area contributed by atoms with E-state index in [-0.39, 0.29) is 35.6 Å². The first-order valence-electron chi connectivity index (χ1n) is 9.53. The molecule has 31 heavy (non-hydrogen) atoms. The molecule has 0 unspecified atom stereocenters. The molecule has 2 aromatic carbocycles. The third-order valence-corrected chi connectivity index (χ3v) is 7.03. The Labute approximate surface area is 180 Å². The van der Waals surface area contributed by atoms with Crippen LogP contribution in [0.5, 0.6) is 11.5 Å². The summed E-state index contributed by atoms with van der Waals surface area (Å²) < 4.78 is 37.3. The zero-order valence-electron chi connectivity index (χ0n) is 17.1. The molecule has 10 nitrogen and oxygen atoms in total. The number of methoxy groups -OCH3 is 2. The van der Waals surface area contributed by atoms with E-state index in [0.717, 1.165) is 0 Å². The minimum atomic E-state index is -3.76. The third-order valence-electron chi connectivity index (χ3n) is 5.12. The molecule has 0 aromatic heterocycles. The topological polar surface area (TPSA) is 128 Å². The van der Waals surface area contributed by atoms with Crippen LogP contribution in [0.25, 0.3) is 0 Å². The van der Waals surface area contributed by atoms with Gasteiger partial charge in [-0.3, -0.25) is 14.9 Å². The average Bonchev–Trinajstić information content (AvgIpc) is 2.78. The molecule has 1 aliphatic rings. The first kappa shape index (κ1) is 22.5. The van der Waals surface area contributed by atoms with Crippen LogP contribution in [0.4, 0.5) is 5.69 Å². The standard InChI is InChI=1S/C20H23N3O7S/c1-29-18-8-3-14(13-19(18)30-2)20(24)21-15-9-11-22(12-10-15)31(27,28)17-6-4-16(5-7-17)23(25)26/h3-8,13,15H,9-12H2,1-2H3,(H,21,24). The van der Waals surface area contributed by atoms with Crippen molar-refractivity contribution in [1.82, 2.24) is 9.62 Å². The predicted molar refractivity (Wildman–Crippen MR) is 112 cm³/mol. The third kappa shape index (κ3) is 4.94. The van der Waals surface area contributed by atoms with Gasteiger partial charge < -0.3 is 14.8 Å². The molecule has 1 fully saturated rings. The monoisotopic (exact) mass is 449 g/mol. The lowest BCUT2D eigenvalue weighted by Crippen LogP contribution is -2.46. The fourth-order valence-corrected chi connectivity index (χ4v) is 4.85. The molecule has 1 amide bonds. The van der Waals surface area contributed by atoms with Crippen LogP contribution >= 0.6 is 0 Å². The maximum Gasteiger partial charge on any atom is 0.269 e. The molecule has 0 spiro atoms. The van der Waals surface area contributed by atoms with Crippen LogP contribution in [-0.2, 0) is 10.0 Å². The molecule has 1 N–H and O–H groups in total. The van der Waals surface area contributed by atoms with Gasteiger partial charge in [0.1, 0.15) is 0 Å². The average molecular weight is 449 g/mol. The van der Waals surface area contributed by atoms with Crippen LogP contribution in [0.1, 0.15) is 23.2 Å². The van der Waals surface area contributed by atoms with Crippen molar-refractivity contribution in [2.24, 2.45) is 0 Å². The summed E-state index contributed by atoms with van der Waals surface area (Å²) in [6.45, 7) is 0.465. The van der Waals surface area contributed by atoms with E-state index in [1.165, 1.54) is 42.8 Å². The molecule has 0 saturated carbocycles. The molecule has 11 heteroatoms. The Morgan fingerprint density at radius 2 is 1.68 bits per heavy atom. The van der Waals surface area contributed by atoms with Gasteiger partial charge >= 0.3 is 0 Å².